The minimum atomic E-state index is -0.474. The third kappa shape index (κ3) is 4.85. The molecular weight excluding hydrogens is 347 g/mol. The Kier molecular flexibility index (Phi) is 6.01. The van der Waals surface area contributed by atoms with E-state index in [1.165, 1.54) is 13.0 Å². The number of carbonyl (C=O) groups is 2. The average molecular weight is 363 g/mol. The van der Waals surface area contributed by atoms with E-state index >= 15 is 0 Å². The molecule has 2 amide bonds. The molecule has 0 heterocycles. The summed E-state index contributed by atoms with van der Waals surface area (Å²) in [5.41, 5.74) is 2.35. The van der Waals surface area contributed by atoms with Gasteiger partial charge in [0.25, 0.3) is 5.91 Å². The van der Waals surface area contributed by atoms with Gasteiger partial charge in [0, 0.05) is 11.9 Å². The topological polar surface area (TPSA) is 58.2 Å². The highest BCUT2D eigenvalue weighted by Crippen LogP contribution is 2.25. The van der Waals surface area contributed by atoms with Crippen LogP contribution in [0.3, 0.4) is 0 Å². The van der Waals surface area contributed by atoms with Crippen molar-refractivity contribution in [2.45, 2.75) is 13.8 Å². The zero-order valence-corrected chi connectivity index (χ0v) is 14.7. The Balaban J connectivity index is 2.32. The summed E-state index contributed by atoms with van der Waals surface area (Å²) >= 11 is 11.9. The number of benzene rings is 2. The summed E-state index contributed by atoms with van der Waals surface area (Å²) in [6.07, 6.45) is 1.62. The van der Waals surface area contributed by atoms with Gasteiger partial charge in [-0.05, 0) is 42.3 Å². The number of halogens is 2. The number of anilines is 1. The molecule has 6 heteroatoms. The minimum Gasteiger partial charge on any atom is -0.322 e. The number of amides is 2. The molecular formula is C18H16Cl2N2O2. The van der Waals surface area contributed by atoms with E-state index in [9.17, 15) is 9.59 Å². The Morgan fingerprint density at radius 1 is 1.08 bits per heavy atom. The van der Waals surface area contributed by atoms with Crippen LogP contribution in [0.25, 0.3) is 6.08 Å². The van der Waals surface area contributed by atoms with E-state index in [2.05, 4.69) is 10.6 Å². The van der Waals surface area contributed by atoms with E-state index in [-0.39, 0.29) is 11.6 Å². The van der Waals surface area contributed by atoms with E-state index < -0.39 is 5.91 Å². The fraction of sp³-hybridized carbons (Fsp3) is 0.111. The quantitative estimate of drug-likeness (QED) is 0.791. The molecule has 0 saturated heterocycles. The highest BCUT2D eigenvalue weighted by atomic mass is 35.5. The Labute approximate surface area is 150 Å². The van der Waals surface area contributed by atoms with Crippen molar-refractivity contribution in [3.05, 3.63) is 69.3 Å². The number of rotatable bonds is 4. The molecule has 2 aromatic rings. The van der Waals surface area contributed by atoms with Crippen molar-refractivity contribution in [1.29, 1.82) is 0 Å². The molecule has 124 valence electrons. The molecule has 0 aliphatic carbocycles. The van der Waals surface area contributed by atoms with Crippen molar-refractivity contribution in [1.82, 2.24) is 5.32 Å². The summed E-state index contributed by atoms with van der Waals surface area (Å²) in [6.45, 7) is 3.26. The first-order chi connectivity index (χ1) is 11.4. The molecule has 0 spiro atoms. The van der Waals surface area contributed by atoms with Gasteiger partial charge in [-0.3, -0.25) is 9.59 Å². The maximum atomic E-state index is 12.5. The Hall–Kier alpha value is -2.30. The molecule has 2 N–H and O–H groups in total. The van der Waals surface area contributed by atoms with E-state index in [1.807, 2.05) is 31.2 Å². The Bertz CT molecular complexity index is 816. The van der Waals surface area contributed by atoms with E-state index in [0.29, 0.717) is 15.7 Å². The first-order valence-corrected chi connectivity index (χ1v) is 7.93. The van der Waals surface area contributed by atoms with Gasteiger partial charge in [-0.2, -0.15) is 0 Å². The molecule has 0 aliphatic heterocycles. The molecule has 0 aliphatic rings. The van der Waals surface area contributed by atoms with Crippen LogP contribution in [0, 0.1) is 6.92 Å². The first kappa shape index (κ1) is 18.0. The zero-order valence-electron chi connectivity index (χ0n) is 13.2. The van der Waals surface area contributed by atoms with Crippen LogP contribution in [0.2, 0.25) is 10.0 Å². The van der Waals surface area contributed by atoms with Gasteiger partial charge in [0.05, 0.1) is 10.7 Å². The van der Waals surface area contributed by atoms with Crippen LogP contribution in [-0.4, -0.2) is 11.8 Å². The lowest BCUT2D eigenvalue weighted by molar-refractivity contribution is -0.120. The number of hydrogen-bond acceptors (Lipinski definition) is 2. The SMILES string of the molecule is CC(=O)N/C(=C\c1ccccc1C)C(=O)Nc1ccc(Cl)cc1Cl. The molecule has 2 aromatic carbocycles. The summed E-state index contributed by atoms with van der Waals surface area (Å²) in [5.74, 6) is -0.815. The van der Waals surface area contributed by atoms with E-state index in [4.69, 9.17) is 23.2 Å². The van der Waals surface area contributed by atoms with Crippen molar-refractivity contribution in [2.75, 3.05) is 5.32 Å². The smallest absolute Gasteiger partial charge is 0.272 e. The number of nitrogens with one attached hydrogen (secondary N) is 2. The average Bonchev–Trinajstić information content (AvgIpc) is 2.51. The van der Waals surface area contributed by atoms with Gasteiger partial charge in [-0.1, -0.05) is 47.5 Å². The molecule has 0 saturated carbocycles. The molecule has 2 rings (SSSR count). The number of hydrogen-bond donors (Lipinski definition) is 2. The second-order valence-corrected chi connectivity index (χ2v) is 6.02. The molecule has 24 heavy (non-hydrogen) atoms. The normalized spacial score (nSPS) is 11.1. The molecule has 0 unspecified atom stereocenters. The predicted octanol–water partition coefficient (Wildman–Crippen LogP) is 4.42. The lowest BCUT2D eigenvalue weighted by Crippen LogP contribution is -2.29. The van der Waals surface area contributed by atoms with Crippen molar-refractivity contribution in [3.8, 4) is 0 Å². The second-order valence-electron chi connectivity index (χ2n) is 5.17. The third-order valence-electron chi connectivity index (χ3n) is 3.22. The Morgan fingerprint density at radius 3 is 2.42 bits per heavy atom. The van der Waals surface area contributed by atoms with Gasteiger partial charge >= 0.3 is 0 Å². The van der Waals surface area contributed by atoms with Gasteiger partial charge in [-0.25, -0.2) is 0 Å². The predicted molar refractivity (Wildman–Crippen MR) is 98.1 cm³/mol. The minimum absolute atomic E-state index is 0.128. The lowest BCUT2D eigenvalue weighted by Gasteiger charge is -2.11. The lowest BCUT2D eigenvalue weighted by atomic mass is 10.1. The van der Waals surface area contributed by atoms with Gasteiger partial charge in [0.2, 0.25) is 5.91 Å². The third-order valence-corrected chi connectivity index (χ3v) is 3.77. The summed E-state index contributed by atoms with van der Waals surface area (Å²) < 4.78 is 0. The summed E-state index contributed by atoms with van der Waals surface area (Å²) in [5, 5.41) is 6.00. The van der Waals surface area contributed by atoms with Crippen LogP contribution < -0.4 is 10.6 Å². The maximum Gasteiger partial charge on any atom is 0.272 e. The van der Waals surface area contributed by atoms with Crippen molar-refractivity contribution >= 4 is 46.8 Å². The van der Waals surface area contributed by atoms with E-state index in [0.717, 1.165) is 11.1 Å². The fourth-order valence-electron chi connectivity index (χ4n) is 2.03. The van der Waals surface area contributed by atoms with Crippen LogP contribution in [0.5, 0.6) is 0 Å². The van der Waals surface area contributed by atoms with Crippen LogP contribution >= 0.6 is 23.2 Å². The standard InChI is InChI=1S/C18H16Cl2N2O2/c1-11-5-3-4-6-13(11)9-17(21-12(2)23)18(24)22-16-8-7-14(19)10-15(16)20/h3-10H,1-2H3,(H,21,23)(H,22,24)/b17-9-. The monoisotopic (exact) mass is 362 g/mol. The van der Waals surface area contributed by atoms with Gasteiger partial charge < -0.3 is 10.6 Å². The van der Waals surface area contributed by atoms with E-state index in [1.54, 1.807) is 18.2 Å². The van der Waals surface area contributed by atoms with Crippen LogP contribution in [-0.2, 0) is 9.59 Å². The van der Waals surface area contributed by atoms with Gasteiger partial charge in [-0.15, -0.1) is 0 Å². The number of aryl methyl sites for hydroxylation is 1. The number of carbonyl (C=O) groups excluding carboxylic acids is 2. The molecule has 0 radical (unpaired) electrons. The van der Waals surface area contributed by atoms with Crippen molar-refractivity contribution in [2.24, 2.45) is 0 Å². The molecule has 0 bridgehead atoms. The Morgan fingerprint density at radius 2 is 1.79 bits per heavy atom. The highest BCUT2D eigenvalue weighted by Gasteiger charge is 2.14. The molecule has 0 fully saturated rings. The van der Waals surface area contributed by atoms with Gasteiger partial charge in [0.1, 0.15) is 5.70 Å². The van der Waals surface area contributed by atoms with Gasteiger partial charge in [0.15, 0.2) is 0 Å². The van der Waals surface area contributed by atoms with Crippen LogP contribution in [0.1, 0.15) is 18.1 Å². The maximum absolute atomic E-state index is 12.5. The van der Waals surface area contributed by atoms with Crippen molar-refractivity contribution in [3.63, 3.8) is 0 Å². The molecule has 0 aromatic heterocycles. The van der Waals surface area contributed by atoms with Crippen molar-refractivity contribution < 1.29 is 9.59 Å². The fourth-order valence-corrected chi connectivity index (χ4v) is 2.49. The zero-order chi connectivity index (χ0) is 17.7. The molecule has 4 nitrogen and oxygen atoms in total. The second kappa shape index (κ2) is 7.99. The summed E-state index contributed by atoms with van der Waals surface area (Å²) in [6, 6.07) is 12.3. The largest absolute Gasteiger partial charge is 0.322 e. The summed E-state index contributed by atoms with van der Waals surface area (Å²) in [7, 11) is 0. The van der Waals surface area contributed by atoms with Crippen LogP contribution in [0.4, 0.5) is 5.69 Å². The first-order valence-electron chi connectivity index (χ1n) is 7.18. The highest BCUT2D eigenvalue weighted by molar-refractivity contribution is 6.36. The molecule has 0 atom stereocenters. The summed E-state index contributed by atoms with van der Waals surface area (Å²) in [4.78, 5) is 23.9. The van der Waals surface area contributed by atoms with Crippen LogP contribution in [0.15, 0.2) is 48.2 Å².